The Bertz CT molecular complexity index is 120. The second kappa shape index (κ2) is 3.53. The topological polar surface area (TPSA) is 67.1 Å². The van der Waals surface area contributed by atoms with E-state index in [-0.39, 0.29) is 5.91 Å². The van der Waals surface area contributed by atoms with Crippen LogP contribution in [0.2, 0.25) is 0 Å². The third kappa shape index (κ3) is 1.97. The van der Waals surface area contributed by atoms with Gasteiger partial charge in [0.15, 0.2) is 0 Å². The summed E-state index contributed by atoms with van der Waals surface area (Å²) in [5.41, 5.74) is 2.13. The summed E-state index contributed by atoms with van der Waals surface area (Å²) in [4.78, 5) is 10.7. The number of hydrazine groups is 1. The molecule has 0 saturated carbocycles. The van der Waals surface area contributed by atoms with E-state index in [4.69, 9.17) is 5.84 Å². The lowest BCUT2D eigenvalue weighted by atomic mass is 10.1. The summed E-state index contributed by atoms with van der Waals surface area (Å²) < 4.78 is 0. The average molecular weight is 143 g/mol. The second-order valence-corrected chi connectivity index (χ2v) is 2.63. The standard InChI is InChI=1S/C6H13N3O/c7-9-6(10)3-5-1-2-8-4-5/h5,8H,1-4,7H2,(H,9,10)/t5-/m0/s1. The number of carbonyl (C=O) groups is 1. The van der Waals surface area contributed by atoms with Gasteiger partial charge in [0.05, 0.1) is 0 Å². The predicted octanol–water partition coefficient (Wildman–Crippen LogP) is -1.02. The highest BCUT2D eigenvalue weighted by Crippen LogP contribution is 2.10. The molecule has 1 rings (SSSR count). The summed E-state index contributed by atoms with van der Waals surface area (Å²) in [6.07, 6.45) is 1.65. The van der Waals surface area contributed by atoms with Crippen LogP contribution in [0.1, 0.15) is 12.8 Å². The molecule has 10 heavy (non-hydrogen) atoms. The van der Waals surface area contributed by atoms with Gasteiger partial charge in [-0.2, -0.15) is 0 Å². The van der Waals surface area contributed by atoms with Crippen LogP contribution < -0.4 is 16.6 Å². The van der Waals surface area contributed by atoms with Gasteiger partial charge in [0.2, 0.25) is 5.91 Å². The van der Waals surface area contributed by atoms with Gasteiger partial charge in [0.25, 0.3) is 0 Å². The van der Waals surface area contributed by atoms with E-state index in [9.17, 15) is 4.79 Å². The van der Waals surface area contributed by atoms with E-state index in [0.717, 1.165) is 19.5 Å². The van der Waals surface area contributed by atoms with Crippen molar-refractivity contribution in [1.29, 1.82) is 0 Å². The summed E-state index contributed by atoms with van der Waals surface area (Å²) in [5.74, 6) is 5.36. The highest BCUT2D eigenvalue weighted by molar-refractivity contribution is 5.75. The molecule has 4 N–H and O–H groups in total. The fourth-order valence-electron chi connectivity index (χ4n) is 1.21. The molecule has 1 atom stereocenters. The number of nitrogens with two attached hydrogens (primary N) is 1. The zero-order valence-electron chi connectivity index (χ0n) is 5.89. The van der Waals surface area contributed by atoms with Crippen molar-refractivity contribution < 1.29 is 4.79 Å². The van der Waals surface area contributed by atoms with E-state index in [2.05, 4.69) is 10.7 Å². The van der Waals surface area contributed by atoms with Crippen molar-refractivity contribution in [3.05, 3.63) is 0 Å². The SMILES string of the molecule is NNC(=O)C[C@@H]1CCNC1. The fraction of sp³-hybridized carbons (Fsp3) is 0.833. The Labute approximate surface area is 60.1 Å². The van der Waals surface area contributed by atoms with Gasteiger partial charge in [-0.25, -0.2) is 5.84 Å². The van der Waals surface area contributed by atoms with E-state index in [0.29, 0.717) is 12.3 Å². The van der Waals surface area contributed by atoms with Crippen LogP contribution in [0.25, 0.3) is 0 Å². The quantitative estimate of drug-likeness (QED) is 0.263. The van der Waals surface area contributed by atoms with Gasteiger partial charge in [0, 0.05) is 6.42 Å². The molecular formula is C6H13N3O. The molecule has 1 fully saturated rings. The van der Waals surface area contributed by atoms with E-state index in [1.165, 1.54) is 0 Å². The van der Waals surface area contributed by atoms with Crippen LogP contribution in [-0.2, 0) is 4.79 Å². The smallest absolute Gasteiger partial charge is 0.234 e. The molecule has 0 unspecified atom stereocenters. The van der Waals surface area contributed by atoms with Crippen molar-refractivity contribution in [3.8, 4) is 0 Å². The molecule has 0 aliphatic carbocycles. The van der Waals surface area contributed by atoms with Gasteiger partial charge in [-0.15, -0.1) is 0 Å². The molecule has 1 amide bonds. The van der Waals surface area contributed by atoms with Crippen LogP contribution in [-0.4, -0.2) is 19.0 Å². The van der Waals surface area contributed by atoms with E-state index in [1.54, 1.807) is 0 Å². The Morgan fingerprint density at radius 1 is 1.80 bits per heavy atom. The van der Waals surface area contributed by atoms with Gasteiger partial charge in [-0.1, -0.05) is 0 Å². The van der Waals surface area contributed by atoms with Gasteiger partial charge in [0.1, 0.15) is 0 Å². The Morgan fingerprint density at radius 3 is 3.10 bits per heavy atom. The van der Waals surface area contributed by atoms with E-state index >= 15 is 0 Å². The Hall–Kier alpha value is -0.610. The minimum atomic E-state index is -0.0614. The third-order valence-corrected chi connectivity index (χ3v) is 1.80. The van der Waals surface area contributed by atoms with Crippen LogP contribution in [0.4, 0.5) is 0 Å². The van der Waals surface area contributed by atoms with Crippen LogP contribution in [0, 0.1) is 5.92 Å². The number of hydrogen-bond acceptors (Lipinski definition) is 3. The number of nitrogens with one attached hydrogen (secondary N) is 2. The van der Waals surface area contributed by atoms with Gasteiger partial charge in [-0.3, -0.25) is 10.2 Å². The lowest BCUT2D eigenvalue weighted by Crippen LogP contribution is -2.31. The molecule has 4 nitrogen and oxygen atoms in total. The first-order chi connectivity index (χ1) is 4.83. The summed E-state index contributed by atoms with van der Waals surface area (Å²) >= 11 is 0. The van der Waals surface area contributed by atoms with Crippen molar-refractivity contribution in [3.63, 3.8) is 0 Å². The highest BCUT2D eigenvalue weighted by Gasteiger charge is 2.16. The van der Waals surface area contributed by atoms with Crippen molar-refractivity contribution >= 4 is 5.91 Å². The van der Waals surface area contributed by atoms with Crippen LogP contribution in [0.3, 0.4) is 0 Å². The molecule has 0 radical (unpaired) electrons. The molecule has 1 heterocycles. The minimum absolute atomic E-state index is 0.0614. The summed E-state index contributed by atoms with van der Waals surface area (Å²) in [6, 6.07) is 0. The number of rotatable bonds is 2. The minimum Gasteiger partial charge on any atom is -0.316 e. The molecule has 1 saturated heterocycles. The summed E-state index contributed by atoms with van der Waals surface area (Å²) in [5, 5.41) is 3.18. The van der Waals surface area contributed by atoms with Crippen LogP contribution >= 0.6 is 0 Å². The first kappa shape index (κ1) is 7.50. The normalized spacial score (nSPS) is 24.7. The molecule has 0 bridgehead atoms. The first-order valence-corrected chi connectivity index (χ1v) is 3.53. The highest BCUT2D eigenvalue weighted by atomic mass is 16.2. The summed E-state index contributed by atoms with van der Waals surface area (Å²) in [7, 11) is 0. The lowest BCUT2D eigenvalue weighted by Gasteiger charge is -2.04. The molecule has 1 aliphatic rings. The van der Waals surface area contributed by atoms with E-state index in [1.807, 2.05) is 0 Å². The average Bonchev–Trinajstić information content (AvgIpc) is 2.40. The summed E-state index contributed by atoms with van der Waals surface area (Å²) in [6.45, 7) is 1.98. The van der Waals surface area contributed by atoms with Crippen molar-refractivity contribution in [2.45, 2.75) is 12.8 Å². The molecule has 0 spiro atoms. The van der Waals surface area contributed by atoms with Crippen LogP contribution in [0.15, 0.2) is 0 Å². The lowest BCUT2D eigenvalue weighted by molar-refractivity contribution is -0.121. The maximum Gasteiger partial charge on any atom is 0.234 e. The zero-order chi connectivity index (χ0) is 7.40. The van der Waals surface area contributed by atoms with Gasteiger partial charge >= 0.3 is 0 Å². The third-order valence-electron chi connectivity index (χ3n) is 1.80. The van der Waals surface area contributed by atoms with E-state index < -0.39 is 0 Å². The molecule has 0 aromatic heterocycles. The molecule has 4 heteroatoms. The monoisotopic (exact) mass is 143 g/mol. The van der Waals surface area contributed by atoms with Crippen molar-refractivity contribution in [2.24, 2.45) is 11.8 Å². The Kier molecular flexibility index (Phi) is 2.65. The van der Waals surface area contributed by atoms with Gasteiger partial charge < -0.3 is 5.32 Å². The second-order valence-electron chi connectivity index (χ2n) is 2.63. The van der Waals surface area contributed by atoms with Crippen molar-refractivity contribution in [1.82, 2.24) is 10.7 Å². The zero-order valence-corrected chi connectivity index (χ0v) is 5.89. The molecule has 0 aromatic rings. The molecular weight excluding hydrogens is 130 g/mol. The Morgan fingerprint density at radius 2 is 2.60 bits per heavy atom. The number of carbonyl (C=O) groups excluding carboxylic acids is 1. The largest absolute Gasteiger partial charge is 0.316 e. The van der Waals surface area contributed by atoms with Crippen molar-refractivity contribution in [2.75, 3.05) is 13.1 Å². The molecule has 0 aromatic carbocycles. The van der Waals surface area contributed by atoms with Gasteiger partial charge in [-0.05, 0) is 25.4 Å². The Balaban J connectivity index is 2.17. The number of hydrogen-bond donors (Lipinski definition) is 3. The predicted molar refractivity (Wildman–Crippen MR) is 37.9 cm³/mol. The first-order valence-electron chi connectivity index (χ1n) is 3.53. The maximum absolute atomic E-state index is 10.7. The molecule has 1 aliphatic heterocycles. The number of amides is 1. The maximum atomic E-state index is 10.7. The van der Waals surface area contributed by atoms with Crippen LogP contribution in [0.5, 0.6) is 0 Å². The fourth-order valence-corrected chi connectivity index (χ4v) is 1.21. The molecule has 58 valence electrons.